The zero-order chi connectivity index (χ0) is 16.1. The third-order valence-corrected chi connectivity index (χ3v) is 3.47. The molecule has 114 valence electrons. The molecule has 1 aliphatic heterocycles. The van der Waals surface area contributed by atoms with Crippen LogP contribution in [0.5, 0.6) is 0 Å². The molecule has 0 aromatic heterocycles. The summed E-state index contributed by atoms with van der Waals surface area (Å²) < 4.78 is 0. The SMILES string of the molecule is N#Cc1cccc(C[C@@H](NC(=O)[C@H]2CCC(=O)N2)C(N)=O)c1. The van der Waals surface area contributed by atoms with E-state index >= 15 is 0 Å². The van der Waals surface area contributed by atoms with Gasteiger partial charge in [0.1, 0.15) is 12.1 Å². The van der Waals surface area contributed by atoms with Crippen LogP contribution in [0.4, 0.5) is 0 Å². The van der Waals surface area contributed by atoms with Gasteiger partial charge in [-0.1, -0.05) is 12.1 Å². The van der Waals surface area contributed by atoms with Crippen LogP contribution in [0.25, 0.3) is 0 Å². The molecule has 22 heavy (non-hydrogen) atoms. The van der Waals surface area contributed by atoms with Gasteiger partial charge >= 0.3 is 0 Å². The van der Waals surface area contributed by atoms with Crippen molar-refractivity contribution in [3.8, 4) is 6.07 Å². The molecule has 0 aliphatic carbocycles. The van der Waals surface area contributed by atoms with Gasteiger partial charge in [0.15, 0.2) is 0 Å². The van der Waals surface area contributed by atoms with Crippen LogP contribution in [0.3, 0.4) is 0 Å². The van der Waals surface area contributed by atoms with Gasteiger partial charge in [-0.3, -0.25) is 14.4 Å². The highest BCUT2D eigenvalue weighted by molar-refractivity contribution is 5.93. The molecule has 7 nitrogen and oxygen atoms in total. The first-order valence-corrected chi connectivity index (χ1v) is 6.87. The van der Waals surface area contributed by atoms with Crippen LogP contribution in [0.1, 0.15) is 24.0 Å². The number of carbonyl (C=O) groups excluding carboxylic acids is 3. The van der Waals surface area contributed by atoms with E-state index in [1.807, 2.05) is 6.07 Å². The van der Waals surface area contributed by atoms with E-state index in [-0.39, 0.29) is 12.3 Å². The largest absolute Gasteiger partial charge is 0.368 e. The Bertz CT molecular complexity index is 650. The van der Waals surface area contributed by atoms with Crippen LogP contribution in [0.2, 0.25) is 0 Å². The quantitative estimate of drug-likeness (QED) is 0.668. The van der Waals surface area contributed by atoms with Crippen molar-refractivity contribution in [3.05, 3.63) is 35.4 Å². The minimum atomic E-state index is -0.890. The van der Waals surface area contributed by atoms with Gasteiger partial charge < -0.3 is 16.4 Å². The predicted molar refractivity (Wildman–Crippen MR) is 77.2 cm³/mol. The molecule has 0 saturated carbocycles. The minimum Gasteiger partial charge on any atom is -0.368 e. The Kier molecular flexibility index (Phi) is 4.73. The van der Waals surface area contributed by atoms with Crippen molar-refractivity contribution >= 4 is 17.7 Å². The fourth-order valence-electron chi connectivity index (χ4n) is 2.31. The van der Waals surface area contributed by atoms with Gasteiger partial charge in [-0.15, -0.1) is 0 Å². The van der Waals surface area contributed by atoms with E-state index in [1.165, 1.54) is 0 Å². The average molecular weight is 300 g/mol. The van der Waals surface area contributed by atoms with Gasteiger partial charge in [-0.2, -0.15) is 5.26 Å². The summed E-state index contributed by atoms with van der Waals surface area (Å²) >= 11 is 0. The number of nitriles is 1. The summed E-state index contributed by atoms with van der Waals surface area (Å²) in [5.41, 5.74) is 6.51. The molecular weight excluding hydrogens is 284 g/mol. The Balaban J connectivity index is 2.03. The van der Waals surface area contributed by atoms with E-state index in [9.17, 15) is 14.4 Å². The Hall–Kier alpha value is -2.88. The maximum absolute atomic E-state index is 12.0. The van der Waals surface area contributed by atoms with E-state index < -0.39 is 23.9 Å². The molecule has 0 bridgehead atoms. The maximum atomic E-state index is 12.0. The fraction of sp³-hybridized carbons (Fsp3) is 0.333. The Morgan fingerprint density at radius 3 is 2.86 bits per heavy atom. The van der Waals surface area contributed by atoms with Gasteiger partial charge in [0, 0.05) is 12.8 Å². The summed E-state index contributed by atoms with van der Waals surface area (Å²) in [5, 5.41) is 14.0. The fourth-order valence-corrected chi connectivity index (χ4v) is 2.31. The Labute approximate surface area is 127 Å². The van der Waals surface area contributed by atoms with Gasteiger partial charge in [0.2, 0.25) is 17.7 Å². The number of benzene rings is 1. The first-order chi connectivity index (χ1) is 10.5. The number of rotatable bonds is 5. The molecule has 1 heterocycles. The highest BCUT2D eigenvalue weighted by atomic mass is 16.2. The molecule has 2 atom stereocenters. The standard InChI is InChI=1S/C15H16N4O3/c16-8-10-3-1-2-9(6-10)7-12(14(17)21)19-15(22)11-4-5-13(20)18-11/h1-3,6,11-12H,4-5,7H2,(H2,17,21)(H,18,20)(H,19,22)/t11-,12-/m1/s1. The molecule has 0 radical (unpaired) electrons. The smallest absolute Gasteiger partial charge is 0.243 e. The van der Waals surface area contributed by atoms with Crippen molar-refractivity contribution in [3.63, 3.8) is 0 Å². The molecule has 1 aromatic carbocycles. The zero-order valence-corrected chi connectivity index (χ0v) is 11.8. The lowest BCUT2D eigenvalue weighted by Gasteiger charge is -2.18. The first kappa shape index (κ1) is 15.5. The van der Waals surface area contributed by atoms with Crippen molar-refractivity contribution in [1.29, 1.82) is 5.26 Å². The molecule has 0 spiro atoms. The first-order valence-electron chi connectivity index (χ1n) is 6.87. The summed E-state index contributed by atoms with van der Waals surface area (Å²) in [5.74, 6) is -1.27. The van der Waals surface area contributed by atoms with E-state index in [2.05, 4.69) is 10.6 Å². The van der Waals surface area contributed by atoms with Crippen LogP contribution in [0.15, 0.2) is 24.3 Å². The van der Waals surface area contributed by atoms with Crippen LogP contribution >= 0.6 is 0 Å². The molecule has 1 aliphatic rings. The molecule has 4 N–H and O–H groups in total. The van der Waals surface area contributed by atoms with Gasteiger partial charge in [0.05, 0.1) is 11.6 Å². The predicted octanol–water partition coefficient (Wildman–Crippen LogP) is -0.651. The second kappa shape index (κ2) is 6.72. The van der Waals surface area contributed by atoms with Gasteiger partial charge in [-0.25, -0.2) is 0 Å². The summed E-state index contributed by atoms with van der Waals surface area (Å²) in [6, 6.07) is 7.23. The lowest BCUT2D eigenvalue weighted by Crippen LogP contribution is -2.51. The summed E-state index contributed by atoms with van der Waals surface area (Å²) in [7, 11) is 0. The monoisotopic (exact) mass is 300 g/mol. The topological polar surface area (TPSA) is 125 Å². The van der Waals surface area contributed by atoms with E-state index in [1.54, 1.807) is 24.3 Å². The second-order valence-corrected chi connectivity index (χ2v) is 5.14. The molecule has 0 unspecified atom stereocenters. The van der Waals surface area contributed by atoms with Crippen molar-refractivity contribution in [2.45, 2.75) is 31.3 Å². The highest BCUT2D eigenvalue weighted by Crippen LogP contribution is 2.09. The van der Waals surface area contributed by atoms with Crippen LogP contribution in [0, 0.1) is 11.3 Å². The molecule has 1 fully saturated rings. The van der Waals surface area contributed by atoms with E-state index in [0.29, 0.717) is 18.4 Å². The summed E-state index contributed by atoms with van der Waals surface area (Å²) in [6.45, 7) is 0. The van der Waals surface area contributed by atoms with E-state index in [0.717, 1.165) is 5.56 Å². The number of nitrogens with one attached hydrogen (secondary N) is 2. The molecule has 1 aromatic rings. The lowest BCUT2D eigenvalue weighted by molar-refractivity contribution is -0.129. The van der Waals surface area contributed by atoms with Crippen LogP contribution in [-0.4, -0.2) is 29.8 Å². The van der Waals surface area contributed by atoms with E-state index in [4.69, 9.17) is 11.0 Å². The number of hydrogen-bond acceptors (Lipinski definition) is 4. The van der Waals surface area contributed by atoms with Crippen LogP contribution in [-0.2, 0) is 20.8 Å². The maximum Gasteiger partial charge on any atom is 0.243 e. The highest BCUT2D eigenvalue weighted by Gasteiger charge is 2.29. The average Bonchev–Trinajstić information content (AvgIpc) is 2.93. The number of hydrogen-bond donors (Lipinski definition) is 3. The third-order valence-electron chi connectivity index (χ3n) is 3.47. The number of amides is 3. The number of primary amides is 1. The van der Waals surface area contributed by atoms with Crippen molar-refractivity contribution in [1.82, 2.24) is 10.6 Å². The minimum absolute atomic E-state index is 0.183. The number of carbonyl (C=O) groups is 3. The normalized spacial score (nSPS) is 18.1. The Morgan fingerprint density at radius 1 is 1.50 bits per heavy atom. The molecule has 3 amide bonds. The summed E-state index contributed by atoms with van der Waals surface area (Å²) in [4.78, 5) is 34.7. The van der Waals surface area contributed by atoms with Crippen LogP contribution < -0.4 is 16.4 Å². The third kappa shape index (κ3) is 3.82. The molecule has 7 heteroatoms. The van der Waals surface area contributed by atoms with Crippen molar-refractivity contribution < 1.29 is 14.4 Å². The Morgan fingerprint density at radius 2 is 2.27 bits per heavy atom. The number of nitrogens with two attached hydrogens (primary N) is 1. The molecule has 1 saturated heterocycles. The lowest BCUT2D eigenvalue weighted by atomic mass is 10.0. The second-order valence-electron chi connectivity index (χ2n) is 5.14. The van der Waals surface area contributed by atoms with Crippen molar-refractivity contribution in [2.75, 3.05) is 0 Å². The van der Waals surface area contributed by atoms with Gasteiger partial charge in [-0.05, 0) is 24.1 Å². The molecule has 2 rings (SSSR count). The van der Waals surface area contributed by atoms with Crippen molar-refractivity contribution in [2.24, 2.45) is 5.73 Å². The zero-order valence-electron chi connectivity index (χ0n) is 11.8. The molecular formula is C15H16N4O3. The summed E-state index contributed by atoms with van der Waals surface area (Å²) in [6.07, 6.45) is 0.890. The van der Waals surface area contributed by atoms with Gasteiger partial charge in [0.25, 0.3) is 0 Å². The number of nitrogens with zero attached hydrogens (tertiary/aromatic N) is 1.